The van der Waals surface area contributed by atoms with Gasteiger partial charge in [-0.1, -0.05) is 18.2 Å². The van der Waals surface area contributed by atoms with E-state index in [1.807, 2.05) is 0 Å². The minimum atomic E-state index is -1.39. The summed E-state index contributed by atoms with van der Waals surface area (Å²) in [5.74, 6) is -0.637. The molecule has 5 atom stereocenters. The van der Waals surface area contributed by atoms with Gasteiger partial charge in [-0.3, -0.25) is 0 Å². The lowest BCUT2D eigenvalue weighted by Crippen LogP contribution is -2.58. The van der Waals surface area contributed by atoms with Crippen LogP contribution in [-0.4, -0.2) is 54.0 Å². The molecule has 0 aliphatic carbocycles. The van der Waals surface area contributed by atoms with Crippen molar-refractivity contribution >= 4 is 5.97 Å². The van der Waals surface area contributed by atoms with Crippen molar-refractivity contribution in [2.24, 2.45) is 0 Å². The predicted molar refractivity (Wildman–Crippen MR) is 69.0 cm³/mol. The third-order valence-electron chi connectivity index (χ3n) is 3.30. The van der Waals surface area contributed by atoms with Gasteiger partial charge in [-0.2, -0.15) is 0 Å². The number of hydrogen-bond acceptors (Lipinski definition) is 6. The molecule has 1 aliphatic rings. The van der Waals surface area contributed by atoms with Crippen LogP contribution >= 0.6 is 0 Å². The highest BCUT2D eigenvalue weighted by Crippen LogP contribution is 2.24. The summed E-state index contributed by atoms with van der Waals surface area (Å²) < 4.78 is 15.4. The fourth-order valence-electron chi connectivity index (χ4n) is 2.23. The molecule has 1 aromatic rings. The highest BCUT2D eigenvalue weighted by Gasteiger charge is 2.45. The van der Waals surface area contributed by atoms with Gasteiger partial charge in [-0.05, 0) is 19.1 Å². The Balaban J connectivity index is 2.09. The van der Waals surface area contributed by atoms with Crippen LogP contribution in [-0.2, 0) is 14.2 Å². The van der Waals surface area contributed by atoms with E-state index in [1.165, 1.54) is 7.11 Å². The van der Waals surface area contributed by atoms with Gasteiger partial charge in [-0.25, -0.2) is 4.79 Å². The molecule has 0 amide bonds. The van der Waals surface area contributed by atoms with Crippen molar-refractivity contribution in [3.63, 3.8) is 0 Å². The van der Waals surface area contributed by atoms with Crippen molar-refractivity contribution in [3.05, 3.63) is 35.9 Å². The summed E-state index contributed by atoms with van der Waals surface area (Å²) in [6.45, 7) is 1.66. The van der Waals surface area contributed by atoms with Crippen LogP contribution in [0.2, 0.25) is 0 Å². The number of ether oxygens (including phenoxy) is 3. The van der Waals surface area contributed by atoms with E-state index in [-0.39, 0.29) is 0 Å². The Labute approximate surface area is 116 Å². The fourth-order valence-corrected chi connectivity index (χ4v) is 2.23. The van der Waals surface area contributed by atoms with Gasteiger partial charge in [0, 0.05) is 7.11 Å². The molecule has 0 saturated carbocycles. The molecule has 2 N–H and O–H groups in total. The van der Waals surface area contributed by atoms with Gasteiger partial charge in [0.2, 0.25) is 0 Å². The average molecular weight is 282 g/mol. The largest absolute Gasteiger partial charge is 0.450 e. The molecule has 1 heterocycles. The minimum Gasteiger partial charge on any atom is -0.450 e. The Morgan fingerprint density at radius 3 is 2.45 bits per heavy atom. The highest BCUT2D eigenvalue weighted by atomic mass is 16.7. The van der Waals surface area contributed by atoms with E-state index >= 15 is 0 Å². The van der Waals surface area contributed by atoms with E-state index in [1.54, 1.807) is 37.3 Å². The third kappa shape index (κ3) is 2.99. The Morgan fingerprint density at radius 1 is 1.20 bits per heavy atom. The molecule has 6 heteroatoms. The maximum atomic E-state index is 11.9. The number of hydrogen-bond donors (Lipinski definition) is 2. The zero-order valence-corrected chi connectivity index (χ0v) is 11.3. The molecule has 1 fully saturated rings. The average Bonchev–Trinajstić information content (AvgIpc) is 2.44. The Hall–Kier alpha value is -1.47. The maximum Gasteiger partial charge on any atom is 0.338 e. The van der Waals surface area contributed by atoms with Crippen molar-refractivity contribution < 1.29 is 29.2 Å². The molecule has 6 nitrogen and oxygen atoms in total. The molecule has 110 valence electrons. The molecule has 20 heavy (non-hydrogen) atoms. The molecule has 0 unspecified atom stereocenters. The molecular weight excluding hydrogens is 264 g/mol. The summed E-state index contributed by atoms with van der Waals surface area (Å²) in [4.78, 5) is 11.9. The van der Waals surface area contributed by atoms with Gasteiger partial charge in [0.1, 0.15) is 12.2 Å². The van der Waals surface area contributed by atoms with E-state index < -0.39 is 36.7 Å². The smallest absolute Gasteiger partial charge is 0.338 e. The number of benzene rings is 1. The SMILES string of the molecule is CO[C@@H]1[C@@H](O)[C@@H](OC(=O)c2ccccc2)[C@H](O)O[C@H]1C. The molecule has 1 aliphatic heterocycles. The number of methoxy groups -OCH3 is 1. The van der Waals surface area contributed by atoms with E-state index in [0.717, 1.165) is 0 Å². The van der Waals surface area contributed by atoms with E-state index in [9.17, 15) is 15.0 Å². The summed E-state index contributed by atoms with van der Waals surface area (Å²) in [5.41, 5.74) is 0.333. The van der Waals surface area contributed by atoms with Gasteiger partial charge in [-0.15, -0.1) is 0 Å². The Bertz CT molecular complexity index is 448. The number of rotatable bonds is 3. The molecular formula is C14H18O6. The van der Waals surface area contributed by atoms with Crippen molar-refractivity contribution in [1.29, 1.82) is 0 Å². The summed E-state index contributed by atoms with van der Waals surface area (Å²) in [5, 5.41) is 19.9. The first kappa shape index (κ1) is 14.9. The molecule has 0 aromatic heterocycles. The van der Waals surface area contributed by atoms with Crippen molar-refractivity contribution in [1.82, 2.24) is 0 Å². The fraction of sp³-hybridized carbons (Fsp3) is 0.500. The number of carbonyl (C=O) groups is 1. The van der Waals surface area contributed by atoms with E-state index in [4.69, 9.17) is 14.2 Å². The topological polar surface area (TPSA) is 85.2 Å². The standard InChI is InChI=1S/C14H18O6/c1-8-11(18-2)10(15)12(14(17)19-8)20-13(16)9-6-4-3-5-7-9/h3-8,10-12,14-15,17H,1-2H3/t8-,10+,11-,12+,14+/m0/s1. The van der Waals surface area contributed by atoms with Crippen LogP contribution in [0.5, 0.6) is 0 Å². The zero-order valence-electron chi connectivity index (χ0n) is 11.3. The monoisotopic (exact) mass is 282 g/mol. The Morgan fingerprint density at radius 2 is 1.85 bits per heavy atom. The van der Waals surface area contributed by atoms with Gasteiger partial charge < -0.3 is 24.4 Å². The van der Waals surface area contributed by atoms with Crippen LogP contribution in [0.1, 0.15) is 17.3 Å². The van der Waals surface area contributed by atoms with E-state index in [2.05, 4.69) is 0 Å². The summed E-state index contributed by atoms with van der Waals surface area (Å²) in [7, 11) is 1.42. The van der Waals surface area contributed by atoms with Crippen LogP contribution in [0.3, 0.4) is 0 Å². The first-order valence-electron chi connectivity index (χ1n) is 6.35. The molecule has 0 spiro atoms. The van der Waals surface area contributed by atoms with Gasteiger partial charge in [0.15, 0.2) is 12.4 Å². The third-order valence-corrected chi connectivity index (χ3v) is 3.30. The second kappa shape index (κ2) is 6.32. The van der Waals surface area contributed by atoms with Crippen LogP contribution in [0.15, 0.2) is 30.3 Å². The predicted octanol–water partition coefficient (Wildman–Crippen LogP) is 0.325. The summed E-state index contributed by atoms with van der Waals surface area (Å²) in [6.07, 6.45) is -4.92. The normalized spacial score (nSPS) is 33.7. The minimum absolute atomic E-state index is 0.333. The molecule has 2 rings (SSSR count). The summed E-state index contributed by atoms with van der Waals surface area (Å²) in [6, 6.07) is 8.33. The zero-order chi connectivity index (χ0) is 14.7. The second-order valence-electron chi connectivity index (χ2n) is 4.66. The molecule has 0 bridgehead atoms. The van der Waals surface area contributed by atoms with Crippen LogP contribution in [0.25, 0.3) is 0 Å². The van der Waals surface area contributed by atoms with Crippen molar-refractivity contribution in [2.45, 2.75) is 37.6 Å². The van der Waals surface area contributed by atoms with Gasteiger partial charge in [0.05, 0.1) is 11.7 Å². The van der Waals surface area contributed by atoms with Gasteiger partial charge >= 0.3 is 5.97 Å². The Kier molecular flexibility index (Phi) is 4.72. The molecule has 1 aromatic carbocycles. The van der Waals surface area contributed by atoms with Crippen molar-refractivity contribution in [3.8, 4) is 0 Å². The number of carbonyl (C=O) groups excluding carboxylic acids is 1. The van der Waals surface area contributed by atoms with Gasteiger partial charge in [0.25, 0.3) is 0 Å². The second-order valence-corrected chi connectivity index (χ2v) is 4.66. The van der Waals surface area contributed by atoms with Crippen molar-refractivity contribution in [2.75, 3.05) is 7.11 Å². The first-order chi connectivity index (χ1) is 9.54. The number of esters is 1. The quantitative estimate of drug-likeness (QED) is 0.777. The maximum absolute atomic E-state index is 11.9. The highest BCUT2D eigenvalue weighted by molar-refractivity contribution is 5.89. The van der Waals surface area contributed by atoms with E-state index in [0.29, 0.717) is 5.56 Å². The van der Waals surface area contributed by atoms with Crippen LogP contribution < -0.4 is 0 Å². The summed E-state index contributed by atoms with van der Waals surface area (Å²) >= 11 is 0. The van der Waals surface area contributed by atoms with Crippen LogP contribution in [0, 0.1) is 0 Å². The lowest BCUT2D eigenvalue weighted by atomic mass is 9.99. The molecule has 0 radical (unpaired) electrons. The molecule has 1 saturated heterocycles. The lowest BCUT2D eigenvalue weighted by Gasteiger charge is -2.40. The lowest BCUT2D eigenvalue weighted by molar-refractivity contribution is -0.280. The number of aliphatic hydroxyl groups is 2. The number of aliphatic hydroxyl groups excluding tert-OH is 2. The van der Waals surface area contributed by atoms with Crippen LogP contribution in [0.4, 0.5) is 0 Å². The first-order valence-corrected chi connectivity index (χ1v) is 6.35.